The smallest absolute Gasteiger partial charge is 0.257 e. The van der Waals surface area contributed by atoms with Gasteiger partial charge in [-0.2, -0.15) is 0 Å². The third kappa shape index (κ3) is 3.27. The molecule has 2 rings (SSSR count). The van der Waals surface area contributed by atoms with Crippen molar-refractivity contribution in [1.29, 1.82) is 0 Å². The summed E-state index contributed by atoms with van der Waals surface area (Å²) in [6.45, 7) is 2.34. The highest BCUT2D eigenvalue weighted by atomic mass is 35.5. The molecule has 0 spiro atoms. The number of halogens is 2. The molecule has 0 unspecified atom stereocenters. The van der Waals surface area contributed by atoms with Crippen molar-refractivity contribution in [3.05, 3.63) is 35.1 Å². The lowest BCUT2D eigenvalue weighted by molar-refractivity contribution is 0.0690. The average Bonchev–Trinajstić information content (AvgIpc) is 2.92. The van der Waals surface area contributed by atoms with E-state index in [0.717, 1.165) is 31.2 Å². The van der Waals surface area contributed by atoms with Gasteiger partial charge in [0.15, 0.2) is 0 Å². The molecule has 4 heteroatoms. The molecular weight excluding hydrogens is 265 g/mol. The molecule has 0 N–H and O–H groups in total. The van der Waals surface area contributed by atoms with Gasteiger partial charge in [-0.25, -0.2) is 4.39 Å². The van der Waals surface area contributed by atoms with E-state index in [0.29, 0.717) is 12.4 Å². The number of rotatable bonds is 4. The van der Waals surface area contributed by atoms with E-state index in [9.17, 15) is 9.18 Å². The normalized spacial score (nSPS) is 15.7. The van der Waals surface area contributed by atoms with Crippen LogP contribution in [0.25, 0.3) is 0 Å². The first-order valence-electron chi connectivity index (χ1n) is 6.76. The van der Waals surface area contributed by atoms with Crippen LogP contribution in [0.3, 0.4) is 0 Å². The zero-order chi connectivity index (χ0) is 13.8. The van der Waals surface area contributed by atoms with Crippen molar-refractivity contribution in [2.45, 2.75) is 38.6 Å². The Hall–Kier alpha value is -1.09. The zero-order valence-corrected chi connectivity index (χ0v) is 11.9. The summed E-state index contributed by atoms with van der Waals surface area (Å²) in [5.74, 6) is -0.294. The van der Waals surface area contributed by atoms with Crippen LogP contribution >= 0.6 is 11.6 Å². The Labute approximate surface area is 118 Å². The zero-order valence-electron chi connectivity index (χ0n) is 11.2. The Morgan fingerprint density at radius 1 is 1.42 bits per heavy atom. The van der Waals surface area contributed by atoms with Crippen molar-refractivity contribution in [2.24, 2.45) is 0 Å². The molecule has 1 aliphatic carbocycles. The molecule has 0 aliphatic heterocycles. The number of hydrogen-bond donors (Lipinski definition) is 0. The molecule has 1 amide bonds. The number of aryl methyl sites for hydroxylation is 1. The fourth-order valence-electron chi connectivity index (χ4n) is 2.71. The summed E-state index contributed by atoms with van der Waals surface area (Å²) in [4.78, 5) is 14.3. The van der Waals surface area contributed by atoms with Crippen molar-refractivity contribution < 1.29 is 9.18 Å². The van der Waals surface area contributed by atoms with Gasteiger partial charge in [-0.15, -0.1) is 11.6 Å². The van der Waals surface area contributed by atoms with Gasteiger partial charge in [0.1, 0.15) is 5.82 Å². The maximum Gasteiger partial charge on any atom is 0.257 e. The molecule has 0 bridgehead atoms. The minimum atomic E-state index is -0.451. The molecule has 0 atom stereocenters. The summed E-state index contributed by atoms with van der Waals surface area (Å²) < 4.78 is 13.8. The molecule has 1 aromatic rings. The molecule has 0 radical (unpaired) electrons. The van der Waals surface area contributed by atoms with Crippen molar-refractivity contribution in [3.8, 4) is 0 Å². The average molecular weight is 284 g/mol. The van der Waals surface area contributed by atoms with Gasteiger partial charge in [0.2, 0.25) is 0 Å². The number of hydrogen-bond acceptors (Lipinski definition) is 1. The van der Waals surface area contributed by atoms with Crippen LogP contribution in [0.4, 0.5) is 4.39 Å². The van der Waals surface area contributed by atoms with E-state index in [4.69, 9.17) is 11.6 Å². The second-order valence-electron chi connectivity index (χ2n) is 5.11. The molecular formula is C15H19ClFNO. The van der Waals surface area contributed by atoms with E-state index in [-0.39, 0.29) is 17.5 Å². The summed E-state index contributed by atoms with van der Waals surface area (Å²) in [5.41, 5.74) is 1.05. The summed E-state index contributed by atoms with van der Waals surface area (Å²) in [6, 6.07) is 4.86. The second-order valence-corrected chi connectivity index (χ2v) is 5.49. The summed E-state index contributed by atoms with van der Waals surface area (Å²) in [6.07, 6.45) is 4.26. The van der Waals surface area contributed by atoms with Crippen LogP contribution in [0, 0.1) is 12.7 Å². The monoisotopic (exact) mass is 283 g/mol. The largest absolute Gasteiger partial charge is 0.334 e. The lowest BCUT2D eigenvalue weighted by Gasteiger charge is -2.28. The molecule has 0 saturated heterocycles. The number of nitrogens with zero attached hydrogens (tertiary/aromatic N) is 1. The maximum absolute atomic E-state index is 13.8. The SMILES string of the molecule is Cc1ccc(F)c(C(=O)N(CCCl)C2CCCC2)c1. The topological polar surface area (TPSA) is 20.3 Å². The van der Waals surface area contributed by atoms with Crippen LogP contribution in [0.1, 0.15) is 41.6 Å². The minimum Gasteiger partial charge on any atom is -0.334 e. The molecule has 1 aromatic carbocycles. The highest BCUT2D eigenvalue weighted by Gasteiger charge is 2.28. The predicted octanol–water partition coefficient (Wildman–Crippen LogP) is 3.76. The Morgan fingerprint density at radius 2 is 2.11 bits per heavy atom. The van der Waals surface area contributed by atoms with Crippen LogP contribution in [0.2, 0.25) is 0 Å². The highest BCUT2D eigenvalue weighted by Crippen LogP contribution is 2.25. The van der Waals surface area contributed by atoms with Gasteiger partial charge < -0.3 is 4.90 Å². The molecule has 1 saturated carbocycles. The first-order valence-corrected chi connectivity index (χ1v) is 7.30. The summed E-state index contributed by atoms with van der Waals surface area (Å²) >= 11 is 5.79. The number of amides is 1. The van der Waals surface area contributed by atoms with Crippen LogP contribution < -0.4 is 0 Å². The fraction of sp³-hybridized carbons (Fsp3) is 0.533. The predicted molar refractivity (Wildman–Crippen MR) is 75.1 cm³/mol. The Balaban J connectivity index is 2.25. The molecule has 104 valence electrons. The van der Waals surface area contributed by atoms with Gasteiger partial charge >= 0.3 is 0 Å². The number of carbonyl (C=O) groups excluding carboxylic acids is 1. The second kappa shape index (κ2) is 6.38. The molecule has 0 aromatic heterocycles. The summed E-state index contributed by atoms with van der Waals surface area (Å²) in [7, 11) is 0. The van der Waals surface area contributed by atoms with Crippen molar-refractivity contribution in [3.63, 3.8) is 0 Å². The third-order valence-electron chi connectivity index (χ3n) is 3.70. The van der Waals surface area contributed by atoms with Crippen LogP contribution in [-0.2, 0) is 0 Å². The standard InChI is InChI=1S/C15H19ClFNO/c1-11-6-7-14(17)13(10-11)15(19)18(9-8-16)12-4-2-3-5-12/h6-7,10,12H,2-5,8-9H2,1H3. The van der Waals surface area contributed by atoms with Crippen LogP contribution in [0.15, 0.2) is 18.2 Å². The van der Waals surface area contributed by atoms with Gasteiger partial charge in [-0.1, -0.05) is 24.5 Å². The van der Waals surface area contributed by atoms with E-state index in [2.05, 4.69) is 0 Å². The molecule has 19 heavy (non-hydrogen) atoms. The van der Waals surface area contributed by atoms with Crippen molar-refractivity contribution in [2.75, 3.05) is 12.4 Å². The Morgan fingerprint density at radius 3 is 2.74 bits per heavy atom. The van der Waals surface area contributed by atoms with Gasteiger partial charge in [0, 0.05) is 18.5 Å². The Bertz CT molecular complexity index is 457. The first kappa shape index (κ1) is 14.3. The fourth-order valence-corrected chi connectivity index (χ4v) is 2.90. The quantitative estimate of drug-likeness (QED) is 0.771. The first-order chi connectivity index (χ1) is 9.13. The van der Waals surface area contributed by atoms with Gasteiger partial charge in [0.25, 0.3) is 5.91 Å². The highest BCUT2D eigenvalue weighted by molar-refractivity contribution is 6.18. The van der Waals surface area contributed by atoms with Gasteiger partial charge in [0.05, 0.1) is 5.56 Å². The molecule has 2 nitrogen and oxygen atoms in total. The van der Waals surface area contributed by atoms with Crippen LogP contribution in [-0.4, -0.2) is 29.3 Å². The number of benzene rings is 1. The minimum absolute atomic E-state index is 0.164. The number of alkyl halides is 1. The van der Waals surface area contributed by atoms with Crippen molar-refractivity contribution >= 4 is 17.5 Å². The van der Waals surface area contributed by atoms with Crippen molar-refractivity contribution in [1.82, 2.24) is 4.90 Å². The summed E-state index contributed by atoms with van der Waals surface area (Å²) in [5, 5.41) is 0. The van der Waals surface area contributed by atoms with Crippen LogP contribution in [0.5, 0.6) is 0 Å². The molecule has 0 heterocycles. The lowest BCUT2D eigenvalue weighted by atomic mass is 10.1. The Kier molecular flexibility index (Phi) is 4.81. The molecule has 1 aliphatic rings. The lowest BCUT2D eigenvalue weighted by Crippen LogP contribution is -2.40. The van der Waals surface area contributed by atoms with E-state index in [1.54, 1.807) is 17.0 Å². The van der Waals surface area contributed by atoms with E-state index < -0.39 is 5.82 Å². The molecule has 1 fully saturated rings. The van der Waals surface area contributed by atoms with Gasteiger partial charge in [-0.3, -0.25) is 4.79 Å². The van der Waals surface area contributed by atoms with E-state index in [1.165, 1.54) is 6.07 Å². The number of carbonyl (C=O) groups is 1. The van der Waals surface area contributed by atoms with E-state index in [1.807, 2.05) is 6.92 Å². The van der Waals surface area contributed by atoms with Gasteiger partial charge in [-0.05, 0) is 31.9 Å². The third-order valence-corrected chi connectivity index (χ3v) is 3.87. The van der Waals surface area contributed by atoms with E-state index >= 15 is 0 Å². The maximum atomic E-state index is 13.8.